The molecular weight excluding hydrogens is 210 g/mol. The molecule has 0 spiro atoms. The van der Waals surface area contributed by atoms with Crippen molar-refractivity contribution >= 4 is 39.6 Å². The molecule has 1 amide bonds. The Labute approximate surface area is 84.7 Å². The van der Waals surface area contributed by atoms with E-state index < -0.39 is 0 Å². The standard InChI is InChI=1S/C8H8ClNO2S/c1-5(11)4-7(12)10-8-3-2-6(9)13-8/h2-3H,4H2,1H3,(H,10,12). The lowest BCUT2D eigenvalue weighted by Crippen LogP contribution is -2.13. The maximum atomic E-state index is 11.1. The SMILES string of the molecule is CC(=O)CC(=O)Nc1ccc(Cl)s1. The van der Waals surface area contributed by atoms with E-state index in [0.717, 1.165) is 0 Å². The fourth-order valence-electron chi connectivity index (χ4n) is 0.789. The Bertz CT molecular complexity index is 335. The van der Waals surface area contributed by atoms with E-state index in [9.17, 15) is 9.59 Å². The van der Waals surface area contributed by atoms with Gasteiger partial charge < -0.3 is 5.32 Å². The molecule has 0 aliphatic heterocycles. The highest BCUT2D eigenvalue weighted by Gasteiger charge is 2.06. The highest BCUT2D eigenvalue weighted by molar-refractivity contribution is 7.20. The van der Waals surface area contributed by atoms with Gasteiger partial charge in [0.1, 0.15) is 5.78 Å². The van der Waals surface area contributed by atoms with Gasteiger partial charge in [-0.05, 0) is 19.1 Å². The Balaban J connectivity index is 2.50. The van der Waals surface area contributed by atoms with Crippen molar-refractivity contribution in [2.24, 2.45) is 0 Å². The van der Waals surface area contributed by atoms with Gasteiger partial charge in [-0.25, -0.2) is 0 Å². The van der Waals surface area contributed by atoms with E-state index in [-0.39, 0.29) is 18.1 Å². The molecule has 5 heteroatoms. The van der Waals surface area contributed by atoms with Crippen LogP contribution in [0.25, 0.3) is 0 Å². The number of hydrogen-bond donors (Lipinski definition) is 1. The van der Waals surface area contributed by atoms with E-state index in [0.29, 0.717) is 9.34 Å². The van der Waals surface area contributed by atoms with E-state index in [1.54, 1.807) is 12.1 Å². The zero-order valence-electron chi connectivity index (χ0n) is 6.96. The van der Waals surface area contributed by atoms with Crippen LogP contribution in [0.1, 0.15) is 13.3 Å². The summed E-state index contributed by atoms with van der Waals surface area (Å²) in [7, 11) is 0. The molecule has 0 aromatic carbocycles. The van der Waals surface area contributed by atoms with Crippen LogP contribution in [0.5, 0.6) is 0 Å². The van der Waals surface area contributed by atoms with E-state index in [1.165, 1.54) is 18.3 Å². The molecule has 0 atom stereocenters. The largest absolute Gasteiger partial charge is 0.317 e. The average Bonchev–Trinajstić information content (AvgIpc) is 2.33. The van der Waals surface area contributed by atoms with Crippen LogP contribution in [-0.4, -0.2) is 11.7 Å². The molecule has 3 nitrogen and oxygen atoms in total. The molecule has 0 aliphatic rings. The van der Waals surface area contributed by atoms with Crippen molar-refractivity contribution in [2.45, 2.75) is 13.3 Å². The van der Waals surface area contributed by atoms with Crippen molar-refractivity contribution in [3.63, 3.8) is 0 Å². The number of thiophene rings is 1. The van der Waals surface area contributed by atoms with Crippen LogP contribution in [0.4, 0.5) is 5.00 Å². The van der Waals surface area contributed by atoms with Gasteiger partial charge in [0, 0.05) is 0 Å². The molecule has 0 saturated heterocycles. The van der Waals surface area contributed by atoms with Crippen molar-refractivity contribution in [3.05, 3.63) is 16.5 Å². The Morgan fingerprint density at radius 3 is 2.69 bits per heavy atom. The van der Waals surface area contributed by atoms with Crippen molar-refractivity contribution in [3.8, 4) is 0 Å². The summed E-state index contributed by atoms with van der Waals surface area (Å²) in [5.74, 6) is -0.453. The minimum absolute atomic E-state index is 0.0878. The summed E-state index contributed by atoms with van der Waals surface area (Å²) in [5, 5.41) is 3.23. The van der Waals surface area contributed by atoms with Crippen LogP contribution in [0, 0.1) is 0 Å². The molecule has 70 valence electrons. The molecule has 1 heterocycles. The van der Waals surface area contributed by atoms with Crippen LogP contribution < -0.4 is 5.32 Å². The molecule has 0 saturated carbocycles. The predicted molar refractivity (Wildman–Crippen MR) is 53.3 cm³/mol. The number of anilines is 1. The minimum Gasteiger partial charge on any atom is -0.317 e. The third-order valence-corrected chi connectivity index (χ3v) is 2.39. The lowest BCUT2D eigenvalue weighted by atomic mass is 10.3. The summed E-state index contributed by atoms with van der Waals surface area (Å²) >= 11 is 6.92. The summed E-state index contributed by atoms with van der Waals surface area (Å²) in [5.41, 5.74) is 0. The van der Waals surface area contributed by atoms with E-state index in [4.69, 9.17) is 11.6 Å². The minimum atomic E-state index is -0.300. The van der Waals surface area contributed by atoms with Crippen LogP contribution in [0.15, 0.2) is 12.1 Å². The maximum Gasteiger partial charge on any atom is 0.232 e. The molecule has 1 aromatic rings. The third kappa shape index (κ3) is 3.57. The summed E-state index contributed by atoms with van der Waals surface area (Å²) in [4.78, 5) is 21.6. The first-order chi connectivity index (χ1) is 6.08. The van der Waals surface area contributed by atoms with Gasteiger partial charge in [0.2, 0.25) is 5.91 Å². The van der Waals surface area contributed by atoms with Gasteiger partial charge in [0.05, 0.1) is 15.8 Å². The molecule has 13 heavy (non-hydrogen) atoms. The topological polar surface area (TPSA) is 46.2 Å². The molecule has 0 radical (unpaired) electrons. The number of halogens is 1. The normalized spacial score (nSPS) is 9.69. The number of amides is 1. The Hall–Kier alpha value is -0.870. The summed E-state index contributed by atoms with van der Waals surface area (Å²) in [6.07, 6.45) is -0.0878. The highest BCUT2D eigenvalue weighted by atomic mass is 35.5. The Kier molecular flexibility index (Phi) is 3.45. The summed E-state index contributed by atoms with van der Waals surface area (Å²) < 4.78 is 0.609. The van der Waals surface area contributed by atoms with Crippen molar-refractivity contribution in [2.75, 3.05) is 5.32 Å². The van der Waals surface area contributed by atoms with Gasteiger partial charge in [0.25, 0.3) is 0 Å². The number of carbonyl (C=O) groups excluding carboxylic acids is 2. The zero-order valence-corrected chi connectivity index (χ0v) is 8.54. The molecule has 0 unspecified atom stereocenters. The zero-order chi connectivity index (χ0) is 9.84. The van der Waals surface area contributed by atoms with Crippen LogP contribution in [-0.2, 0) is 9.59 Å². The second-order valence-electron chi connectivity index (χ2n) is 2.53. The maximum absolute atomic E-state index is 11.1. The van der Waals surface area contributed by atoms with Gasteiger partial charge in [-0.3, -0.25) is 9.59 Å². The van der Waals surface area contributed by atoms with Crippen LogP contribution in [0.3, 0.4) is 0 Å². The van der Waals surface area contributed by atoms with Gasteiger partial charge in [-0.2, -0.15) is 0 Å². The van der Waals surface area contributed by atoms with Gasteiger partial charge in [0.15, 0.2) is 0 Å². The van der Waals surface area contributed by atoms with Crippen molar-refractivity contribution < 1.29 is 9.59 Å². The highest BCUT2D eigenvalue weighted by Crippen LogP contribution is 2.25. The van der Waals surface area contributed by atoms with Crippen molar-refractivity contribution in [1.29, 1.82) is 0 Å². The fraction of sp³-hybridized carbons (Fsp3) is 0.250. The summed E-state index contributed by atoms with van der Waals surface area (Å²) in [6.45, 7) is 1.38. The number of rotatable bonds is 3. The Morgan fingerprint density at radius 2 is 2.23 bits per heavy atom. The summed E-state index contributed by atoms with van der Waals surface area (Å²) in [6, 6.07) is 3.39. The molecule has 0 fully saturated rings. The molecule has 1 N–H and O–H groups in total. The van der Waals surface area contributed by atoms with Crippen molar-refractivity contribution in [1.82, 2.24) is 0 Å². The smallest absolute Gasteiger partial charge is 0.232 e. The second kappa shape index (κ2) is 4.39. The van der Waals surface area contributed by atoms with Crippen LogP contribution in [0.2, 0.25) is 4.34 Å². The second-order valence-corrected chi connectivity index (χ2v) is 4.25. The first-order valence-corrected chi connectivity index (χ1v) is 4.82. The number of Topliss-reactive ketones (excluding diaryl/α,β-unsaturated/α-hetero) is 1. The number of carbonyl (C=O) groups is 2. The predicted octanol–water partition coefficient (Wildman–Crippen LogP) is 2.32. The number of nitrogens with one attached hydrogen (secondary N) is 1. The molecule has 1 aromatic heterocycles. The molecular formula is C8H8ClNO2S. The van der Waals surface area contributed by atoms with Gasteiger partial charge >= 0.3 is 0 Å². The lowest BCUT2D eigenvalue weighted by Gasteiger charge is -1.98. The molecule has 0 bridgehead atoms. The van der Waals surface area contributed by atoms with Gasteiger partial charge in [-0.15, -0.1) is 11.3 Å². The van der Waals surface area contributed by atoms with E-state index in [1.807, 2.05) is 0 Å². The Morgan fingerprint density at radius 1 is 1.54 bits per heavy atom. The quantitative estimate of drug-likeness (QED) is 0.790. The molecule has 1 rings (SSSR count). The number of ketones is 1. The van der Waals surface area contributed by atoms with E-state index in [2.05, 4.69) is 5.32 Å². The van der Waals surface area contributed by atoms with Gasteiger partial charge in [-0.1, -0.05) is 11.6 Å². The fourth-order valence-corrected chi connectivity index (χ4v) is 1.75. The first kappa shape index (κ1) is 10.2. The van der Waals surface area contributed by atoms with Crippen LogP contribution >= 0.6 is 22.9 Å². The third-order valence-electron chi connectivity index (χ3n) is 1.25. The average molecular weight is 218 g/mol. The van der Waals surface area contributed by atoms with E-state index >= 15 is 0 Å². The first-order valence-electron chi connectivity index (χ1n) is 3.62. The number of hydrogen-bond acceptors (Lipinski definition) is 3. The molecule has 0 aliphatic carbocycles. The lowest BCUT2D eigenvalue weighted by molar-refractivity contribution is -0.124. The monoisotopic (exact) mass is 217 g/mol.